The normalized spacial score (nSPS) is 19.8. The fraction of sp³-hybridized carbons (Fsp3) is 0.500. The number of carbonyl (C=O) groups excluding carboxylic acids is 1. The van der Waals surface area contributed by atoms with Crippen molar-refractivity contribution in [3.05, 3.63) is 23.9 Å². The van der Waals surface area contributed by atoms with Gasteiger partial charge in [0.05, 0.1) is 5.56 Å². The van der Waals surface area contributed by atoms with Crippen LogP contribution in [0, 0.1) is 16.7 Å². The second kappa shape index (κ2) is 4.05. The van der Waals surface area contributed by atoms with Crippen LogP contribution in [0.5, 0.6) is 0 Å². The van der Waals surface area contributed by atoms with Gasteiger partial charge in [0.1, 0.15) is 5.82 Å². The molecule has 0 bridgehead atoms. The molecule has 1 fully saturated rings. The largest absolute Gasteiger partial charge is 0.478 e. The average Bonchev–Trinajstić information content (AvgIpc) is 2.69. The van der Waals surface area contributed by atoms with Crippen LogP contribution in [0.3, 0.4) is 0 Å². The van der Waals surface area contributed by atoms with Crippen molar-refractivity contribution in [2.45, 2.75) is 27.7 Å². The molecule has 1 aromatic heterocycles. The Morgan fingerprint density at radius 1 is 1.21 bits per heavy atom. The van der Waals surface area contributed by atoms with E-state index < -0.39 is 5.97 Å². The lowest BCUT2D eigenvalue weighted by Crippen LogP contribution is -2.18. The molecule has 1 heterocycles. The van der Waals surface area contributed by atoms with Gasteiger partial charge < -0.3 is 10.4 Å². The van der Waals surface area contributed by atoms with E-state index in [1.165, 1.54) is 18.3 Å². The number of rotatable bonds is 3. The van der Waals surface area contributed by atoms with E-state index in [9.17, 15) is 9.59 Å². The molecule has 0 spiro atoms. The Balaban J connectivity index is 2.07. The van der Waals surface area contributed by atoms with Gasteiger partial charge in [-0.15, -0.1) is 0 Å². The maximum atomic E-state index is 12.2. The van der Waals surface area contributed by atoms with Gasteiger partial charge in [0.25, 0.3) is 0 Å². The average molecular weight is 262 g/mol. The summed E-state index contributed by atoms with van der Waals surface area (Å²) in [5.41, 5.74) is 0.0426. The molecular weight excluding hydrogens is 244 g/mol. The van der Waals surface area contributed by atoms with Crippen molar-refractivity contribution in [2.75, 3.05) is 5.32 Å². The number of nitrogens with zero attached hydrogens (tertiary/aromatic N) is 1. The molecule has 19 heavy (non-hydrogen) atoms. The molecule has 1 aliphatic rings. The molecule has 1 aromatic rings. The highest BCUT2D eigenvalue weighted by atomic mass is 16.4. The zero-order valence-corrected chi connectivity index (χ0v) is 11.5. The van der Waals surface area contributed by atoms with Crippen LogP contribution in [0.25, 0.3) is 0 Å². The van der Waals surface area contributed by atoms with E-state index in [2.05, 4.69) is 38.0 Å². The quantitative estimate of drug-likeness (QED) is 0.876. The number of carbonyl (C=O) groups is 2. The van der Waals surface area contributed by atoms with Gasteiger partial charge in [-0.2, -0.15) is 0 Å². The number of aromatic nitrogens is 1. The molecule has 1 amide bonds. The minimum atomic E-state index is -1.03. The predicted octanol–water partition coefficient (Wildman–Crippen LogP) is 2.40. The smallest absolute Gasteiger partial charge is 0.337 e. The highest BCUT2D eigenvalue weighted by Gasteiger charge is 2.68. The maximum absolute atomic E-state index is 12.2. The summed E-state index contributed by atoms with van der Waals surface area (Å²) in [5.74, 6) is -0.769. The summed E-state index contributed by atoms with van der Waals surface area (Å²) in [4.78, 5) is 26.8. The van der Waals surface area contributed by atoms with Gasteiger partial charge >= 0.3 is 5.97 Å². The van der Waals surface area contributed by atoms with Crippen LogP contribution in [-0.2, 0) is 4.79 Å². The number of hydrogen-bond acceptors (Lipinski definition) is 3. The molecule has 2 N–H and O–H groups in total. The van der Waals surface area contributed by atoms with Crippen LogP contribution in [-0.4, -0.2) is 22.0 Å². The van der Waals surface area contributed by atoms with Crippen molar-refractivity contribution in [3.63, 3.8) is 0 Å². The van der Waals surface area contributed by atoms with Crippen LogP contribution in [0.4, 0.5) is 5.82 Å². The van der Waals surface area contributed by atoms with Crippen molar-refractivity contribution < 1.29 is 14.7 Å². The van der Waals surface area contributed by atoms with Gasteiger partial charge in [0.15, 0.2) is 0 Å². The van der Waals surface area contributed by atoms with Crippen LogP contribution >= 0.6 is 0 Å². The lowest BCUT2D eigenvalue weighted by molar-refractivity contribution is -0.118. The molecule has 1 aliphatic carbocycles. The topological polar surface area (TPSA) is 79.3 Å². The molecule has 1 saturated carbocycles. The Bertz CT molecular complexity index is 518. The second-order valence-corrected chi connectivity index (χ2v) is 6.10. The van der Waals surface area contributed by atoms with E-state index in [0.717, 1.165) is 0 Å². The first-order valence-electron chi connectivity index (χ1n) is 6.18. The molecule has 0 atom stereocenters. The molecule has 2 rings (SSSR count). The Morgan fingerprint density at radius 2 is 1.79 bits per heavy atom. The van der Waals surface area contributed by atoms with Gasteiger partial charge in [0.2, 0.25) is 5.91 Å². The third-order valence-corrected chi connectivity index (χ3v) is 4.54. The van der Waals surface area contributed by atoms with Crippen LogP contribution in [0.1, 0.15) is 38.1 Å². The molecule has 0 aliphatic heterocycles. The fourth-order valence-electron chi connectivity index (χ4n) is 2.64. The monoisotopic (exact) mass is 262 g/mol. The molecule has 0 saturated heterocycles. The number of amides is 1. The van der Waals surface area contributed by atoms with Crippen molar-refractivity contribution in [1.82, 2.24) is 4.98 Å². The van der Waals surface area contributed by atoms with Gasteiger partial charge in [-0.1, -0.05) is 27.7 Å². The Hall–Kier alpha value is -1.91. The first kappa shape index (κ1) is 13.5. The fourth-order valence-corrected chi connectivity index (χ4v) is 2.64. The molecular formula is C14H18N2O3. The Morgan fingerprint density at radius 3 is 2.16 bits per heavy atom. The van der Waals surface area contributed by atoms with Gasteiger partial charge in [0, 0.05) is 12.1 Å². The summed E-state index contributed by atoms with van der Waals surface area (Å²) in [5, 5.41) is 11.5. The van der Waals surface area contributed by atoms with Crippen molar-refractivity contribution in [2.24, 2.45) is 16.7 Å². The molecule has 5 heteroatoms. The molecule has 5 nitrogen and oxygen atoms in total. The predicted molar refractivity (Wildman–Crippen MR) is 70.9 cm³/mol. The summed E-state index contributed by atoms with van der Waals surface area (Å²) < 4.78 is 0. The molecule has 0 unspecified atom stereocenters. The summed E-state index contributed by atoms with van der Waals surface area (Å²) in [6, 6.07) is 2.93. The number of hydrogen-bond donors (Lipinski definition) is 2. The van der Waals surface area contributed by atoms with Gasteiger partial charge in [-0.05, 0) is 23.0 Å². The van der Waals surface area contributed by atoms with Gasteiger partial charge in [-0.3, -0.25) is 4.79 Å². The van der Waals surface area contributed by atoms with E-state index in [1.807, 2.05) is 0 Å². The van der Waals surface area contributed by atoms with E-state index in [0.29, 0.717) is 5.82 Å². The number of pyridine rings is 1. The van der Waals surface area contributed by atoms with Crippen LogP contribution in [0.2, 0.25) is 0 Å². The zero-order valence-electron chi connectivity index (χ0n) is 11.5. The first-order valence-corrected chi connectivity index (χ1v) is 6.18. The van der Waals surface area contributed by atoms with E-state index in [4.69, 9.17) is 5.11 Å². The number of anilines is 1. The number of carboxylic acids is 1. The van der Waals surface area contributed by atoms with E-state index >= 15 is 0 Å². The Labute approximate surface area is 112 Å². The lowest BCUT2D eigenvalue weighted by Gasteiger charge is -2.05. The van der Waals surface area contributed by atoms with Crippen molar-refractivity contribution in [3.8, 4) is 0 Å². The third-order valence-electron chi connectivity index (χ3n) is 4.54. The minimum absolute atomic E-state index is 0.0297. The standard InChI is InChI=1S/C14H18N2O3/c1-13(2)10(14(13,3)4)11(17)16-9-6-5-8(7-15-9)12(18)19/h5-7,10H,1-4H3,(H,18,19)(H,15,16,17). The SMILES string of the molecule is CC1(C)C(C(=O)Nc2ccc(C(=O)O)cn2)C1(C)C. The first-order chi connectivity index (χ1) is 8.68. The van der Waals surface area contributed by atoms with Crippen LogP contribution < -0.4 is 5.32 Å². The van der Waals surface area contributed by atoms with Crippen molar-refractivity contribution >= 4 is 17.7 Å². The van der Waals surface area contributed by atoms with Gasteiger partial charge in [-0.25, -0.2) is 9.78 Å². The minimum Gasteiger partial charge on any atom is -0.478 e. The Kier molecular flexibility index (Phi) is 2.88. The molecule has 102 valence electrons. The van der Waals surface area contributed by atoms with Crippen molar-refractivity contribution in [1.29, 1.82) is 0 Å². The zero-order chi connectivity index (χ0) is 14.4. The lowest BCUT2D eigenvalue weighted by atomic mass is 10.0. The van der Waals surface area contributed by atoms with E-state index in [-0.39, 0.29) is 28.2 Å². The summed E-state index contributed by atoms with van der Waals surface area (Å²) in [6.45, 7) is 8.27. The highest BCUT2D eigenvalue weighted by Crippen LogP contribution is 2.68. The second-order valence-electron chi connectivity index (χ2n) is 6.10. The third kappa shape index (κ3) is 2.09. The highest BCUT2D eigenvalue weighted by molar-refractivity contribution is 5.95. The summed E-state index contributed by atoms with van der Waals surface area (Å²) >= 11 is 0. The summed E-state index contributed by atoms with van der Waals surface area (Å²) in [6.07, 6.45) is 1.24. The number of nitrogens with one attached hydrogen (secondary N) is 1. The van der Waals surface area contributed by atoms with E-state index in [1.54, 1.807) is 0 Å². The van der Waals surface area contributed by atoms with Crippen LogP contribution in [0.15, 0.2) is 18.3 Å². The number of aromatic carboxylic acids is 1. The number of carboxylic acid groups (broad SMARTS) is 1. The maximum Gasteiger partial charge on any atom is 0.337 e. The summed E-state index contributed by atoms with van der Waals surface area (Å²) in [7, 11) is 0. The molecule has 0 aromatic carbocycles. The molecule has 0 radical (unpaired) electrons.